The zero-order valence-electron chi connectivity index (χ0n) is 6.72. The van der Waals surface area contributed by atoms with Gasteiger partial charge in [-0.25, -0.2) is 0 Å². The minimum atomic E-state index is -0.229. The Bertz CT molecular complexity index is 274. The first kappa shape index (κ1) is 8.32. The molecule has 11 heavy (non-hydrogen) atoms. The topological polar surface area (TPSA) is 26.0 Å². The van der Waals surface area contributed by atoms with Gasteiger partial charge >= 0.3 is 0 Å². The van der Waals surface area contributed by atoms with Crippen molar-refractivity contribution in [2.45, 2.75) is 19.9 Å². The Balaban J connectivity index is 2.99. The van der Waals surface area contributed by atoms with Crippen molar-refractivity contribution >= 4 is 11.3 Å². The van der Waals surface area contributed by atoms with E-state index in [9.17, 15) is 0 Å². The van der Waals surface area contributed by atoms with Gasteiger partial charge in [0.1, 0.15) is 6.04 Å². The molecule has 0 aliphatic carbocycles. The third-order valence-electron chi connectivity index (χ3n) is 1.67. The predicted octanol–water partition coefficient (Wildman–Crippen LogP) is 2.00. The van der Waals surface area contributed by atoms with E-state index in [0.717, 1.165) is 4.88 Å². The molecule has 1 rings (SSSR count). The van der Waals surface area contributed by atoms with Gasteiger partial charge in [-0.05, 0) is 25.5 Å². The Morgan fingerprint density at radius 2 is 2.27 bits per heavy atom. The van der Waals surface area contributed by atoms with Crippen molar-refractivity contribution in [1.29, 1.82) is 0 Å². The summed E-state index contributed by atoms with van der Waals surface area (Å²) < 4.78 is 0. The monoisotopic (exact) mass is 165 g/mol. The average Bonchev–Trinajstić information content (AvgIpc) is 2.31. The molecule has 0 saturated carbocycles. The summed E-state index contributed by atoms with van der Waals surface area (Å²) in [5, 5.41) is 0. The van der Waals surface area contributed by atoms with E-state index in [4.69, 9.17) is 12.2 Å². The summed E-state index contributed by atoms with van der Waals surface area (Å²) in [6.45, 7) is 4.14. The molecule has 1 unspecified atom stereocenters. The molecule has 1 aromatic heterocycles. The van der Waals surface area contributed by atoms with Gasteiger partial charge in [-0.2, -0.15) is 0 Å². The van der Waals surface area contributed by atoms with Crippen LogP contribution in [0.5, 0.6) is 0 Å². The lowest BCUT2D eigenvalue weighted by Gasteiger charge is -1.96. The second kappa shape index (κ2) is 3.08. The van der Waals surface area contributed by atoms with Crippen LogP contribution in [0.3, 0.4) is 0 Å². The van der Waals surface area contributed by atoms with Crippen LogP contribution < -0.4 is 5.73 Å². The number of aryl methyl sites for hydroxylation is 2. The summed E-state index contributed by atoms with van der Waals surface area (Å²) in [6.07, 6.45) is 5.20. The van der Waals surface area contributed by atoms with Crippen LogP contribution in [-0.2, 0) is 0 Å². The van der Waals surface area contributed by atoms with Gasteiger partial charge in [0.2, 0.25) is 0 Å². The van der Waals surface area contributed by atoms with Crippen LogP contribution in [0.1, 0.15) is 21.4 Å². The largest absolute Gasteiger partial charge is 0.313 e. The normalized spacial score (nSPS) is 12.5. The van der Waals surface area contributed by atoms with E-state index in [1.165, 1.54) is 10.4 Å². The van der Waals surface area contributed by atoms with Gasteiger partial charge in [-0.15, -0.1) is 17.8 Å². The molecule has 0 amide bonds. The molecule has 58 valence electrons. The second-order valence-corrected chi connectivity index (χ2v) is 3.82. The molecular formula is C9H11NS. The van der Waals surface area contributed by atoms with Crippen LogP contribution in [0.15, 0.2) is 6.07 Å². The smallest absolute Gasteiger partial charge is 0.101 e. The molecule has 1 heterocycles. The summed E-state index contributed by atoms with van der Waals surface area (Å²) in [7, 11) is 0. The van der Waals surface area contributed by atoms with Gasteiger partial charge in [0.15, 0.2) is 0 Å². The van der Waals surface area contributed by atoms with Crippen LogP contribution in [0, 0.1) is 26.2 Å². The first-order valence-electron chi connectivity index (χ1n) is 3.43. The first-order valence-corrected chi connectivity index (χ1v) is 4.25. The minimum absolute atomic E-state index is 0.229. The minimum Gasteiger partial charge on any atom is -0.313 e. The van der Waals surface area contributed by atoms with Crippen molar-refractivity contribution in [3.8, 4) is 12.3 Å². The lowest BCUT2D eigenvalue weighted by atomic mass is 10.2. The number of nitrogens with two attached hydrogens (primary N) is 1. The summed E-state index contributed by atoms with van der Waals surface area (Å²) in [6, 6.07) is 1.83. The number of rotatable bonds is 1. The van der Waals surface area contributed by atoms with E-state index in [1.54, 1.807) is 11.3 Å². The highest BCUT2D eigenvalue weighted by Gasteiger charge is 2.06. The highest BCUT2D eigenvalue weighted by atomic mass is 32.1. The van der Waals surface area contributed by atoms with Crippen LogP contribution >= 0.6 is 11.3 Å². The average molecular weight is 165 g/mol. The van der Waals surface area contributed by atoms with Crippen molar-refractivity contribution in [3.05, 3.63) is 21.4 Å². The van der Waals surface area contributed by atoms with Crippen LogP contribution in [-0.4, -0.2) is 0 Å². The maximum absolute atomic E-state index is 5.65. The molecule has 0 aliphatic heterocycles. The molecule has 0 saturated heterocycles. The van der Waals surface area contributed by atoms with Crippen molar-refractivity contribution in [2.75, 3.05) is 0 Å². The van der Waals surface area contributed by atoms with Crippen molar-refractivity contribution in [3.63, 3.8) is 0 Å². The lowest BCUT2D eigenvalue weighted by Crippen LogP contribution is -2.04. The van der Waals surface area contributed by atoms with Gasteiger partial charge in [0, 0.05) is 9.75 Å². The fraction of sp³-hybridized carbons (Fsp3) is 0.333. The van der Waals surface area contributed by atoms with E-state index < -0.39 is 0 Å². The number of hydrogen-bond acceptors (Lipinski definition) is 2. The quantitative estimate of drug-likeness (QED) is 0.633. The number of hydrogen-bond donors (Lipinski definition) is 1. The summed E-state index contributed by atoms with van der Waals surface area (Å²) in [5.74, 6) is 2.51. The summed E-state index contributed by atoms with van der Waals surface area (Å²) in [4.78, 5) is 2.38. The lowest BCUT2D eigenvalue weighted by molar-refractivity contribution is 0.973. The van der Waals surface area contributed by atoms with E-state index >= 15 is 0 Å². The fourth-order valence-electron chi connectivity index (χ4n) is 0.837. The van der Waals surface area contributed by atoms with Gasteiger partial charge in [-0.1, -0.05) is 5.92 Å². The van der Waals surface area contributed by atoms with Gasteiger partial charge in [0.25, 0.3) is 0 Å². The zero-order valence-corrected chi connectivity index (χ0v) is 7.53. The Labute approximate surface area is 71.2 Å². The first-order chi connectivity index (χ1) is 5.15. The van der Waals surface area contributed by atoms with Gasteiger partial charge in [-0.3, -0.25) is 0 Å². The van der Waals surface area contributed by atoms with E-state index in [2.05, 4.69) is 25.8 Å². The highest BCUT2D eigenvalue weighted by Crippen LogP contribution is 2.24. The Morgan fingerprint density at radius 1 is 1.64 bits per heavy atom. The third-order valence-corrected chi connectivity index (χ3v) is 2.91. The SMILES string of the molecule is C#CC(N)c1cc(C)c(C)s1. The number of thiophene rings is 1. The summed E-state index contributed by atoms with van der Waals surface area (Å²) in [5.41, 5.74) is 6.92. The van der Waals surface area contributed by atoms with Crippen molar-refractivity contribution < 1.29 is 0 Å². The maximum atomic E-state index is 5.65. The van der Waals surface area contributed by atoms with E-state index in [-0.39, 0.29) is 6.04 Å². The molecule has 1 atom stereocenters. The molecule has 0 fully saturated rings. The zero-order chi connectivity index (χ0) is 8.43. The standard InChI is InChI=1S/C9H11NS/c1-4-8(10)9-5-6(2)7(3)11-9/h1,5,8H,10H2,2-3H3. The molecular weight excluding hydrogens is 154 g/mol. The summed E-state index contributed by atoms with van der Waals surface area (Å²) >= 11 is 1.68. The molecule has 0 bridgehead atoms. The molecule has 0 aromatic carbocycles. The van der Waals surface area contributed by atoms with E-state index in [0.29, 0.717) is 0 Å². The third kappa shape index (κ3) is 1.62. The van der Waals surface area contributed by atoms with Gasteiger partial charge in [0.05, 0.1) is 0 Å². The molecule has 0 spiro atoms. The predicted molar refractivity (Wildman–Crippen MR) is 49.6 cm³/mol. The van der Waals surface area contributed by atoms with Crippen LogP contribution in [0.4, 0.5) is 0 Å². The van der Waals surface area contributed by atoms with Crippen molar-refractivity contribution in [2.24, 2.45) is 5.73 Å². The molecule has 0 aliphatic rings. The molecule has 0 radical (unpaired) electrons. The van der Waals surface area contributed by atoms with Crippen LogP contribution in [0.2, 0.25) is 0 Å². The van der Waals surface area contributed by atoms with E-state index in [1.807, 2.05) is 0 Å². The van der Waals surface area contributed by atoms with Crippen LogP contribution in [0.25, 0.3) is 0 Å². The molecule has 2 heteroatoms. The molecule has 2 N–H and O–H groups in total. The Morgan fingerprint density at radius 3 is 2.64 bits per heavy atom. The maximum Gasteiger partial charge on any atom is 0.101 e. The number of terminal acetylenes is 1. The van der Waals surface area contributed by atoms with Gasteiger partial charge < -0.3 is 5.73 Å². The molecule has 1 aromatic rings. The Hall–Kier alpha value is -0.780. The Kier molecular flexibility index (Phi) is 2.33. The fourth-order valence-corrected chi connectivity index (χ4v) is 1.84. The highest BCUT2D eigenvalue weighted by molar-refractivity contribution is 7.12. The van der Waals surface area contributed by atoms with Crippen molar-refractivity contribution in [1.82, 2.24) is 0 Å². The second-order valence-electron chi connectivity index (χ2n) is 2.53. The molecule has 1 nitrogen and oxygen atoms in total.